The Bertz CT molecular complexity index is 693. The van der Waals surface area contributed by atoms with Gasteiger partial charge >= 0.3 is 6.03 Å². The van der Waals surface area contributed by atoms with Crippen LogP contribution in [0.3, 0.4) is 0 Å². The minimum Gasteiger partial charge on any atom is -0.508 e. The first-order valence-corrected chi connectivity index (χ1v) is 8.32. The molecule has 0 bridgehead atoms. The predicted molar refractivity (Wildman–Crippen MR) is 89.3 cm³/mol. The number of hydrogen-bond donors (Lipinski definition) is 2. The summed E-state index contributed by atoms with van der Waals surface area (Å²) in [7, 11) is 0. The Morgan fingerprint density at radius 2 is 2.12 bits per heavy atom. The quantitative estimate of drug-likeness (QED) is 0.852. The average Bonchev–Trinajstić information content (AvgIpc) is 3.30. The van der Waals surface area contributed by atoms with Crippen molar-refractivity contribution < 1.29 is 9.90 Å². The first-order chi connectivity index (χ1) is 11.6. The largest absolute Gasteiger partial charge is 0.508 e. The lowest BCUT2D eigenvalue weighted by Crippen LogP contribution is -2.42. The molecule has 1 atom stereocenters. The van der Waals surface area contributed by atoms with Crippen molar-refractivity contribution >= 4 is 6.03 Å². The van der Waals surface area contributed by atoms with Crippen LogP contribution in [0.4, 0.5) is 4.79 Å². The molecule has 1 aliphatic carbocycles. The highest BCUT2D eigenvalue weighted by Crippen LogP contribution is 2.34. The molecule has 1 fully saturated rings. The van der Waals surface area contributed by atoms with Crippen LogP contribution in [0.5, 0.6) is 5.75 Å². The zero-order valence-corrected chi connectivity index (χ0v) is 14.0. The molecule has 7 nitrogen and oxygen atoms in total. The molecule has 0 radical (unpaired) electrons. The van der Waals surface area contributed by atoms with E-state index in [1.54, 1.807) is 18.5 Å². The number of carbonyl (C=O) groups is 1. The second-order valence-corrected chi connectivity index (χ2v) is 6.10. The van der Waals surface area contributed by atoms with Gasteiger partial charge in [-0.15, -0.1) is 10.2 Å². The van der Waals surface area contributed by atoms with Crippen molar-refractivity contribution in [3.8, 4) is 5.75 Å². The van der Waals surface area contributed by atoms with Gasteiger partial charge in [0, 0.05) is 12.6 Å². The summed E-state index contributed by atoms with van der Waals surface area (Å²) in [6.45, 7) is 5.16. The molecule has 2 amide bonds. The Kier molecular flexibility index (Phi) is 4.69. The topological polar surface area (TPSA) is 83.3 Å². The summed E-state index contributed by atoms with van der Waals surface area (Å²) < 4.78 is 1.91. The van der Waals surface area contributed by atoms with Crippen molar-refractivity contribution in [3.05, 3.63) is 42.0 Å². The van der Waals surface area contributed by atoms with Gasteiger partial charge in [0.2, 0.25) is 0 Å². The summed E-state index contributed by atoms with van der Waals surface area (Å²) in [4.78, 5) is 14.6. The maximum Gasteiger partial charge on any atom is 0.318 e. The van der Waals surface area contributed by atoms with Crippen LogP contribution in [-0.4, -0.2) is 36.8 Å². The normalized spacial score (nSPS) is 15.1. The van der Waals surface area contributed by atoms with Crippen LogP contribution < -0.4 is 5.32 Å². The third-order valence-electron chi connectivity index (χ3n) is 4.40. The number of phenols is 1. The molecule has 0 spiro atoms. The van der Waals surface area contributed by atoms with Crippen LogP contribution in [0.25, 0.3) is 0 Å². The molecule has 0 aliphatic heterocycles. The van der Waals surface area contributed by atoms with Gasteiger partial charge in [0.15, 0.2) is 5.82 Å². The summed E-state index contributed by atoms with van der Waals surface area (Å²) >= 11 is 0. The SMILES string of the molecule is CCn1cnnc1CNC(=O)N(C1CC1)C(C)c1ccc(O)cc1. The van der Waals surface area contributed by atoms with Gasteiger partial charge in [0.1, 0.15) is 12.1 Å². The van der Waals surface area contributed by atoms with Crippen LogP contribution in [0.2, 0.25) is 0 Å². The number of aromatic hydroxyl groups is 1. The standard InChI is InChI=1S/C17H23N5O2/c1-3-21-11-19-20-16(21)10-18-17(24)22(14-6-7-14)12(2)13-4-8-15(23)9-5-13/h4-5,8-9,11-12,14,23H,3,6-7,10H2,1-2H3,(H,18,24). The third-order valence-corrected chi connectivity index (χ3v) is 4.40. The molecule has 1 unspecified atom stereocenters. The van der Waals surface area contributed by atoms with Gasteiger partial charge in [-0.1, -0.05) is 12.1 Å². The maximum atomic E-state index is 12.7. The van der Waals surface area contributed by atoms with Gasteiger partial charge in [0.05, 0.1) is 12.6 Å². The number of carbonyl (C=O) groups excluding carboxylic acids is 1. The van der Waals surface area contributed by atoms with Crippen LogP contribution >= 0.6 is 0 Å². The fourth-order valence-electron chi connectivity index (χ4n) is 2.85. The molecule has 2 aromatic rings. The van der Waals surface area contributed by atoms with Gasteiger partial charge in [-0.2, -0.15) is 0 Å². The molecule has 0 saturated heterocycles. The highest BCUT2D eigenvalue weighted by Gasteiger charge is 2.36. The monoisotopic (exact) mass is 329 g/mol. The van der Waals surface area contributed by atoms with Crippen molar-refractivity contribution in [2.45, 2.75) is 51.9 Å². The molecule has 24 heavy (non-hydrogen) atoms. The number of phenolic OH excluding ortho intramolecular Hbond substituents is 1. The maximum absolute atomic E-state index is 12.7. The van der Waals surface area contributed by atoms with Gasteiger partial charge in [-0.05, 0) is 44.4 Å². The predicted octanol–water partition coefficient (Wildman–Crippen LogP) is 2.44. The lowest BCUT2D eigenvalue weighted by molar-refractivity contribution is 0.174. The number of aryl methyl sites for hydroxylation is 1. The van der Waals surface area contributed by atoms with E-state index in [4.69, 9.17) is 0 Å². The van der Waals surface area contributed by atoms with Crippen LogP contribution in [0.1, 0.15) is 44.1 Å². The second-order valence-electron chi connectivity index (χ2n) is 6.10. The highest BCUT2D eigenvalue weighted by atomic mass is 16.3. The third kappa shape index (κ3) is 3.50. The van der Waals surface area contributed by atoms with E-state index in [-0.39, 0.29) is 23.9 Å². The molecule has 1 saturated carbocycles. The van der Waals surface area contributed by atoms with Gasteiger partial charge in [0.25, 0.3) is 0 Å². The minimum absolute atomic E-state index is 0.0536. The summed E-state index contributed by atoms with van der Waals surface area (Å²) in [5, 5.41) is 20.3. The number of aromatic nitrogens is 3. The van der Waals surface area contributed by atoms with Crippen LogP contribution in [0, 0.1) is 0 Å². The Balaban J connectivity index is 1.68. The van der Waals surface area contributed by atoms with Crippen molar-refractivity contribution in [1.29, 1.82) is 0 Å². The molecule has 1 heterocycles. The molecule has 1 aliphatic rings. The molecule has 1 aromatic heterocycles. The van der Waals surface area contributed by atoms with E-state index in [2.05, 4.69) is 15.5 Å². The van der Waals surface area contributed by atoms with E-state index in [0.717, 1.165) is 30.8 Å². The molecule has 128 valence electrons. The van der Waals surface area contributed by atoms with Crippen LogP contribution in [0.15, 0.2) is 30.6 Å². The lowest BCUT2D eigenvalue weighted by Gasteiger charge is -2.30. The summed E-state index contributed by atoms with van der Waals surface area (Å²) in [5.41, 5.74) is 1.01. The fraction of sp³-hybridized carbons (Fsp3) is 0.471. The number of hydrogen-bond acceptors (Lipinski definition) is 4. The van der Waals surface area contributed by atoms with Crippen LogP contribution in [-0.2, 0) is 13.1 Å². The Morgan fingerprint density at radius 3 is 2.75 bits per heavy atom. The number of rotatable bonds is 6. The molecular formula is C17H23N5O2. The summed E-state index contributed by atoms with van der Waals surface area (Å²) in [6, 6.07) is 7.15. The number of nitrogens with zero attached hydrogens (tertiary/aromatic N) is 4. The molecular weight excluding hydrogens is 306 g/mol. The zero-order chi connectivity index (χ0) is 17.1. The van der Waals surface area contributed by atoms with Gasteiger partial charge < -0.3 is 19.9 Å². The van der Waals surface area contributed by atoms with E-state index >= 15 is 0 Å². The summed E-state index contributed by atoms with van der Waals surface area (Å²) in [6.07, 6.45) is 3.72. The van der Waals surface area contributed by atoms with Crippen molar-refractivity contribution in [2.75, 3.05) is 0 Å². The lowest BCUT2D eigenvalue weighted by atomic mass is 10.1. The number of nitrogens with one attached hydrogen (secondary N) is 1. The number of urea groups is 1. The summed E-state index contributed by atoms with van der Waals surface area (Å²) in [5.74, 6) is 0.978. The molecule has 3 rings (SSSR count). The molecule has 7 heteroatoms. The second kappa shape index (κ2) is 6.90. The van der Waals surface area contributed by atoms with Crippen molar-refractivity contribution in [3.63, 3.8) is 0 Å². The van der Waals surface area contributed by atoms with E-state index in [9.17, 15) is 9.90 Å². The van der Waals surface area contributed by atoms with Crippen molar-refractivity contribution in [2.24, 2.45) is 0 Å². The van der Waals surface area contributed by atoms with Crippen molar-refractivity contribution in [1.82, 2.24) is 25.0 Å². The van der Waals surface area contributed by atoms with Gasteiger partial charge in [-0.3, -0.25) is 0 Å². The molecule has 2 N–H and O–H groups in total. The number of amides is 2. The smallest absolute Gasteiger partial charge is 0.318 e. The van der Waals surface area contributed by atoms with E-state index in [1.165, 1.54) is 0 Å². The van der Waals surface area contributed by atoms with E-state index < -0.39 is 0 Å². The Labute approximate surface area is 141 Å². The minimum atomic E-state index is -0.0938. The molecule has 1 aromatic carbocycles. The number of benzene rings is 1. The Hall–Kier alpha value is -2.57. The van der Waals surface area contributed by atoms with Gasteiger partial charge in [-0.25, -0.2) is 4.79 Å². The first kappa shape index (κ1) is 16.3. The highest BCUT2D eigenvalue weighted by molar-refractivity contribution is 5.75. The van der Waals surface area contributed by atoms with E-state index in [0.29, 0.717) is 6.54 Å². The zero-order valence-electron chi connectivity index (χ0n) is 14.0. The average molecular weight is 329 g/mol. The first-order valence-electron chi connectivity index (χ1n) is 8.32. The fourth-order valence-corrected chi connectivity index (χ4v) is 2.85. The van der Waals surface area contributed by atoms with E-state index in [1.807, 2.05) is 35.4 Å². The Morgan fingerprint density at radius 1 is 1.42 bits per heavy atom.